The summed E-state index contributed by atoms with van der Waals surface area (Å²) >= 11 is 0. The van der Waals surface area contributed by atoms with Crippen molar-refractivity contribution in [2.75, 3.05) is 0 Å². The summed E-state index contributed by atoms with van der Waals surface area (Å²) in [6.45, 7) is 1.50. The lowest BCUT2D eigenvalue weighted by molar-refractivity contribution is -0.112. The third kappa shape index (κ3) is 3.56. The van der Waals surface area contributed by atoms with Crippen LogP contribution in [0.2, 0.25) is 0 Å². The van der Waals surface area contributed by atoms with Crippen LogP contribution in [0.15, 0.2) is 42.1 Å². The molecule has 0 spiro atoms. The van der Waals surface area contributed by atoms with E-state index in [0.717, 1.165) is 5.56 Å². The van der Waals surface area contributed by atoms with Crippen molar-refractivity contribution in [1.29, 1.82) is 0 Å². The van der Waals surface area contributed by atoms with E-state index in [1.165, 1.54) is 13.0 Å². The number of hydrogen-bond acceptors (Lipinski definition) is 2. The molecule has 0 aliphatic heterocycles. The molecule has 1 aromatic carbocycles. The molecule has 0 radical (unpaired) electrons. The maximum absolute atomic E-state index is 10.7. The zero-order valence-electron chi connectivity index (χ0n) is 7.66. The Morgan fingerprint density at radius 2 is 2.00 bits per heavy atom. The molecular formula is C11H13NO. The molecule has 68 valence electrons. The van der Waals surface area contributed by atoms with E-state index in [1.807, 2.05) is 30.3 Å². The summed E-state index contributed by atoms with van der Waals surface area (Å²) in [5.41, 5.74) is 7.38. The van der Waals surface area contributed by atoms with Crippen molar-refractivity contribution in [3.8, 4) is 0 Å². The van der Waals surface area contributed by atoms with Gasteiger partial charge in [0.2, 0.25) is 0 Å². The van der Waals surface area contributed by atoms with Gasteiger partial charge in [0, 0.05) is 12.1 Å². The molecule has 0 aliphatic carbocycles. The molecule has 0 fully saturated rings. The molecule has 1 aromatic rings. The molecule has 0 atom stereocenters. The Balaban J connectivity index is 2.65. The molecule has 2 nitrogen and oxygen atoms in total. The van der Waals surface area contributed by atoms with Crippen molar-refractivity contribution < 1.29 is 4.79 Å². The number of nitrogens with two attached hydrogens (primary N) is 1. The van der Waals surface area contributed by atoms with Crippen LogP contribution in [0.4, 0.5) is 0 Å². The van der Waals surface area contributed by atoms with Crippen molar-refractivity contribution in [2.24, 2.45) is 5.73 Å². The fraction of sp³-hybridized carbons (Fsp3) is 0.182. The van der Waals surface area contributed by atoms with E-state index < -0.39 is 0 Å². The summed E-state index contributed by atoms with van der Waals surface area (Å²) in [4.78, 5) is 10.7. The first-order valence-electron chi connectivity index (χ1n) is 4.19. The lowest BCUT2D eigenvalue weighted by Gasteiger charge is -2.00. The second-order valence-corrected chi connectivity index (χ2v) is 2.99. The van der Waals surface area contributed by atoms with E-state index in [4.69, 9.17) is 5.73 Å². The van der Waals surface area contributed by atoms with Gasteiger partial charge in [-0.05, 0) is 18.6 Å². The Bertz CT molecular complexity index is 314. The number of ketones is 1. The van der Waals surface area contributed by atoms with Crippen molar-refractivity contribution >= 4 is 5.78 Å². The normalized spacial score (nSPS) is 11.3. The zero-order chi connectivity index (χ0) is 9.68. The maximum Gasteiger partial charge on any atom is 0.154 e. The largest absolute Gasteiger partial charge is 0.402 e. The van der Waals surface area contributed by atoms with Crippen molar-refractivity contribution in [3.05, 3.63) is 47.7 Å². The fourth-order valence-electron chi connectivity index (χ4n) is 1.14. The molecule has 1 rings (SSSR count). The fourth-order valence-corrected chi connectivity index (χ4v) is 1.14. The molecule has 0 heterocycles. The molecule has 0 bridgehead atoms. The summed E-state index contributed by atoms with van der Waals surface area (Å²) in [5.74, 6) is -0.00608. The maximum atomic E-state index is 10.7. The summed E-state index contributed by atoms with van der Waals surface area (Å²) < 4.78 is 0. The van der Waals surface area contributed by atoms with Gasteiger partial charge in [-0.1, -0.05) is 30.3 Å². The van der Waals surface area contributed by atoms with E-state index in [0.29, 0.717) is 12.1 Å². The van der Waals surface area contributed by atoms with Crippen LogP contribution >= 0.6 is 0 Å². The molecule has 2 heteroatoms. The molecule has 0 aliphatic rings. The highest BCUT2D eigenvalue weighted by atomic mass is 16.1. The van der Waals surface area contributed by atoms with Gasteiger partial charge in [-0.3, -0.25) is 4.79 Å². The van der Waals surface area contributed by atoms with Gasteiger partial charge in [0.1, 0.15) is 0 Å². The van der Waals surface area contributed by atoms with Gasteiger partial charge in [-0.25, -0.2) is 0 Å². The predicted molar refractivity (Wildman–Crippen MR) is 53.1 cm³/mol. The molecule has 0 amide bonds. The van der Waals surface area contributed by atoms with Gasteiger partial charge < -0.3 is 5.73 Å². The Labute approximate surface area is 78.1 Å². The van der Waals surface area contributed by atoms with E-state index in [2.05, 4.69) is 0 Å². The van der Waals surface area contributed by atoms with E-state index in [-0.39, 0.29) is 5.78 Å². The minimum Gasteiger partial charge on any atom is -0.402 e. The highest BCUT2D eigenvalue weighted by molar-refractivity contribution is 5.87. The van der Waals surface area contributed by atoms with Gasteiger partial charge in [0.25, 0.3) is 0 Å². The SMILES string of the molecule is CC(=O)/C=C(/N)Cc1ccccc1. The second-order valence-electron chi connectivity index (χ2n) is 2.99. The zero-order valence-corrected chi connectivity index (χ0v) is 7.66. The Morgan fingerprint density at radius 3 is 2.54 bits per heavy atom. The first-order chi connectivity index (χ1) is 6.18. The van der Waals surface area contributed by atoms with Crippen LogP contribution in [-0.4, -0.2) is 5.78 Å². The standard InChI is InChI=1S/C11H13NO/c1-9(13)7-11(12)8-10-5-3-2-4-6-10/h2-7H,8,12H2,1H3/b11-7+. The molecule has 2 N–H and O–H groups in total. The number of carbonyl (C=O) groups excluding carboxylic acids is 1. The minimum absolute atomic E-state index is 0.00608. The average molecular weight is 175 g/mol. The third-order valence-electron chi connectivity index (χ3n) is 1.64. The second kappa shape index (κ2) is 4.45. The first kappa shape index (κ1) is 9.52. The number of rotatable bonds is 3. The van der Waals surface area contributed by atoms with Crippen molar-refractivity contribution in [2.45, 2.75) is 13.3 Å². The van der Waals surface area contributed by atoms with Crippen LogP contribution in [0, 0.1) is 0 Å². The molecule has 0 saturated heterocycles. The summed E-state index contributed by atoms with van der Waals surface area (Å²) in [7, 11) is 0. The number of benzene rings is 1. The lowest BCUT2D eigenvalue weighted by atomic mass is 10.1. The van der Waals surface area contributed by atoms with Crippen molar-refractivity contribution in [1.82, 2.24) is 0 Å². The predicted octanol–water partition coefficient (Wildman–Crippen LogP) is 1.66. The van der Waals surface area contributed by atoms with Gasteiger partial charge in [0.05, 0.1) is 0 Å². The first-order valence-corrected chi connectivity index (χ1v) is 4.19. The molecule has 0 aromatic heterocycles. The van der Waals surface area contributed by atoms with Crippen LogP contribution in [-0.2, 0) is 11.2 Å². The third-order valence-corrected chi connectivity index (χ3v) is 1.64. The monoisotopic (exact) mass is 175 g/mol. The van der Waals surface area contributed by atoms with E-state index >= 15 is 0 Å². The van der Waals surface area contributed by atoms with Crippen LogP contribution in [0.5, 0.6) is 0 Å². The Morgan fingerprint density at radius 1 is 1.38 bits per heavy atom. The number of allylic oxidation sites excluding steroid dienone is 2. The molecular weight excluding hydrogens is 162 g/mol. The van der Waals surface area contributed by atoms with Crippen LogP contribution in [0.3, 0.4) is 0 Å². The van der Waals surface area contributed by atoms with Gasteiger partial charge >= 0.3 is 0 Å². The van der Waals surface area contributed by atoms with Gasteiger partial charge in [-0.2, -0.15) is 0 Å². The topological polar surface area (TPSA) is 43.1 Å². The smallest absolute Gasteiger partial charge is 0.154 e. The Kier molecular flexibility index (Phi) is 3.26. The minimum atomic E-state index is -0.00608. The molecule has 0 unspecified atom stereocenters. The lowest BCUT2D eigenvalue weighted by Crippen LogP contribution is -2.03. The Hall–Kier alpha value is -1.57. The van der Waals surface area contributed by atoms with Crippen LogP contribution < -0.4 is 5.73 Å². The van der Waals surface area contributed by atoms with Crippen LogP contribution in [0.1, 0.15) is 12.5 Å². The molecule has 13 heavy (non-hydrogen) atoms. The highest BCUT2D eigenvalue weighted by Crippen LogP contribution is 2.03. The summed E-state index contributed by atoms with van der Waals surface area (Å²) in [6, 6.07) is 9.84. The molecule has 0 saturated carbocycles. The number of hydrogen-bond donors (Lipinski definition) is 1. The summed E-state index contributed by atoms with van der Waals surface area (Å²) in [6.07, 6.45) is 2.10. The quantitative estimate of drug-likeness (QED) is 0.710. The van der Waals surface area contributed by atoms with Crippen LogP contribution in [0.25, 0.3) is 0 Å². The van der Waals surface area contributed by atoms with Gasteiger partial charge in [0.15, 0.2) is 5.78 Å². The highest BCUT2D eigenvalue weighted by Gasteiger charge is 1.95. The van der Waals surface area contributed by atoms with E-state index in [1.54, 1.807) is 0 Å². The van der Waals surface area contributed by atoms with Crippen molar-refractivity contribution in [3.63, 3.8) is 0 Å². The number of carbonyl (C=O) groups is 1. The van der Waals surface area contributed by atoms with E-state index in [9.17, 15) is 4.79 Å². The summed E-state index contributed by atoms with van der Waals surface area (Å²) in [5, 5.41) is 0. The van der Waals surface area contributed by atoms with Gasteiger partial charge in [-0.15, -0.1) is 0 Å². The average Bonchev–Trinajstić information content (AvgIpc) is 2.04.